The first-order chi connectivity index (χ1) is 9.52. The average molecular weight is 274 g/mol. The summed E-state index contributed by atoms with van der Waals surface area (Å²) in [6.45, 7) is 3.99. The highest BCUT2D eigenvalue weighted by atomic mass is 16.5. The number of carbonyl (C=O) groups excluding carboxylic acids is 1. The zero-order valence-corrected chi connectivity index (χ0v) is 11.8. The molecule has 0 unspecified atom stereocenters. The Morgan fingerprint density at radius 1 is 1.40 bits per heavy atom. The molecule has 6 nitrogen and oxygen atoms in total. The molecule has 6 heteroatoms. The monoisotopic (exact) mass is 274 g/mol. The molecule has 20 heavy (non-hydrogen) atoms. The summed E-state index contributed by atoms with van der Waals surface area (Å²) in [5, 5.41) is 6.99. The molecule has 3 N–H and O–H groups in total. The molecule has 1 aromatic heterocycles. The molecule has 106 valence electrons. The number of methoxy groups -OCH3 is 1. The normalized spacial score (nSPS) is 10.6. The van der Waals surface area contributed by atoms with E-state index >= 15 is 0 Å². The van der Waals surface area contributed by atoms with Gasteiger partial charge >= 0.3 is 0 Å². The standard InChI is InChI=1S/C14H18N4O2/c1-9(2)18-13(6-7-16-18)17-14(19)10-4-5-11(15)12(8-10)20-3/h4-9H,15H2,1-3H3,(H,17,19). The first-order valence-corrected chi connectivity index (χ1v) is 6.31. The lowest BCUT2D eigenvalue weighted by Gasteiger charge is -2.12. The van der Waals surface area contributed by atoms with Crippen molar-refractivity contribution < 1.29 is 9.53 Å². The van der Waals surface area contributed by atoms with E-state index in [-0.39, 0.29) is 11.9 Å². The first-order valence-electron chi connectivity index (χ1n) is 6.31. The third-order valence-corrected chi connectivity index (χ3v) is 2.90. The summed E-state index contributed by atoms with van der Waals surface area (Å²) in [5.41, 5.74) is 6.70. The van der Waals surface area contributed by atoms with Crippen molar-refractivity contribution in [2.75, 3.05) is 18.2 Å². The maximum absolute atomic E-state index is 12.2. The molecule has 0 atom stereocenters. The van der Waals surface area contributed by atoms with Crippen molar-refractivity contribution in [3.05, 3.63) is 36.0 Å². The van der Waals surface area contributed by atoms with Gasteiger partial charge in [0.15, 0.2) is 0 Å². The van der Waals surface area contributed by atoms with Crippen molar-refractivity contribution in [1.82, 2.24) is 9.78 Å². The smallest absolute Gasteiger partial charge is 0.256 e. The van der Waals surface area contributed by atoms with Crippen LogP contribution in [-0.4, -0.2) is 22.8 Å². The fourth-order valence-corrected chi connectivity index (χ4v) is 1.87. The summed E-state index contributed by atoms with van der Waals surface area (Å²) in [4.78, 5) is 12.2. The van der Waals surface area contributed by atoms with Gasteiger partial charge in [-0.15, -0.1) is 0 Å². The van der Waals surface area contributed by atoms with Crippen LogP contribution in [0.15, 0.2) is 30.5 Å². The van der Waals surface area contributed by atoms with Crippen molar-refractivity contribution in [1.29, 1.82) is 0 Å². The van der Waals surface area contributed by atoms with Crippen LogP contribution in [-0.2, 0) is 0 Å². The van der Waals surface area contributed by atoms with Crippen LogP contribution in [0, 0.1) is 0 Å². The fraction of sp³-hybridized carbons (Fsp3) is 0.286. The molecule has 0 radical (unpaired) electrons. The van der Waals surface area contributed by atoms with Gasteiger partial charge in [0.25, 0.3) is 5.91 Å². The number of benzene rings is 1. The molecule has 2 aromatic rings. The van der Waals surface area contributed by atoms with Crippen LogP contribution in [0.25, 0.3) is 0 Å². The van der Waals surface area contributed by atoms with Gasteiger partial charge < -0.3 is 15.8 Å². The Morgan fingerprint density at radius 3 is 2.80 bits per heavy atom. The molecule has 0 saturated carbocycles. The largest absolute Gasteiger partial charge is 0.495 e. The Hall–Kier alpha value is -2.50. The lowest BCUT2D eigenvalue weighted by Crippen LogP contribution is -2.16. The zero-order chi connectivity index (χ0) is 14.7. The number of amides is 1. The second-order valence-corrected chi connectivity index (χ2v) is 4.67. The highest BCUT2D eigenvalue weighted by Crippen LogP contribution is 2.23. The van der Waals surface area contributed by atoms with Crippen LogP contribution in [0.3, 0.4) is 0 Å². The summed E-state index contributed by atoms with van der Waals surface area (Å²) < 4.78 is 6.85. The van der Waals surface area contributed by atoms with Crippen LogP contribution >= 0.6 is 0 Å². The summed E-state index contributed by atoms with van der Waals surface area (Å²) in [5.74, 6) is 0.904. The minimum atomic E-state index is -0.231. The van der Waals surface area contributed by atoms with Gasteiger partial charge in [-0.3, -0.25) is 4.79 Å². The van der Waals surface area contributed by atoms with Gasteiger partial charge in [-0.1, -0.05) is 0 Å². The molecule has 0 aliphatic heterocycles. The molecule has 0 bridgehead atoms. The third kappa shape index (κ3) is 2.74. The predicted octanol–water partition coefficient (Wildman–Crippen LogP) is 2.31. The van der Waals surface area contributed by atoms with Crippen molar-refractivity contribution in [3.63, 3.8) is 0 Å². The van der Waals surface area contributed by atoms with Crippen LogP contribution in [0.4, 0.5) is 11.5 Å². The number of nitrogen functional groups attached to an aromatic ring is 1. The third-order valence-electron chi connectivity index (χ3n) is 2.90. The maximum atomic E-state index is 12.2. The molecule has 2 rings (SSSR count). The number of rotatable bonds is 4. The predicted molar refractivity (Wildman–Crippen MR) is 78.0 cm³/mol. The number of nitrogens with two attached hydrogens (primary N) is 1. The number of nitrogens with zero attached hydrogens (tertiary/aromatic N) is 2. The van der Waals surface area contributed by atoms with E-state index in [1.165, 1.54) is 7.11 Å². The zero-order valence-electron chi connectivity index (χ0n) is 11.8. The van der Waals surface area contributed by atoms with E-state index in [9.17, 15) is 4.79 Å². The second kappa shape index (κ2) is 5.64. The molecule has 1 heterocycles. The van der Waals surface area contributed by atoms with Gasteiger partial charge in [-0.05, 0) is 32.0 Å². The van der Waals surface area contributed by atoms with Crippen LogP contribution in [0.2, 0.25) is 0 Å². The van der Waals surface area contributed by atoms with E-state index in [0.29, 0.717) is 22.8 Å². The van der Waals surface area contributed by atoms with Crippen LogP contribution in [0.1, 0.15) is 30.2 Å². The van der Waals surface area contributed by atoms with E-state index in [4.69, 9.17) is 10.5 Å². The quantitative estimate of drug-likeness (QED) is 0.838. The number of nitrogens with one attached hydrogen (secondary N) is 1. The molecular formula is C14H18N4O2. The van der Waals surface area contributed by atoms with E-state index < -0.39 is 0 Å². The molecule has 0 aliphatic carbocycles. The number of aromatic nitrogens is 2. The van der Waals surface area contributed by atoms with E-state index in [0.717, 1.165) is 0 Å². The van der Waals surface area contributed by atoms with Gasteiger partial charge in [-0.25, -0.2) is 4.68 Å². The SMILES string of the molecule is COc1cc(C(=O)Nc2ccnn2C(C)C)ccc1N. The van der Waals surface area contributed by atoms with Gasteiger partial charge in [0, 0.05) is 17.7 Å². The molecule has 1 amide bonds. The summed E-state index contributed by atoms with van der Waals surface area (Å²) in [7, 11) is 1.52. The Kier molecular flexibility index (Phi) is 3.93. The lowest BCUT2D eigenvalue weighted by atomic mass is 10.2. The topological polar surface area (TPSA) is 82.2 Å². The van der Waals surface area contributed by atoms with Crippen molar-refractivity contribution in [2.45, 2.75) is 19.9 Å². The lowest BCUT2D eigenvalue weighted by molar-refractivity contribution is 0.102. The molecule has 0 aliphatic rings. The van der Waals surface area contributed by atoms with Crippen LogP contribution in [0.5, 0.6) is 5.75 Å². The van der Waals surface area contributed by atoms with Crippen molar-refractivity contribution in [2.24, 2.45) is 0 Å². The molecular weight excluding hydrogens is 256 g/mol. The minimum absolute atomic E-state index is 0.168. The van der Waals surface area contributed by atoms with E-state index in [2.05, 4.69) is 10.4 Å². The molecule has 0 saturated heterocycles. The number of anilines is 2. The van der Waals surface area contributed by atoms with Crippen molar-refractivity contribution in [3.8, 4) is 5.75 Å². The Morgan fingerprint density at radius 2 is 2.15 bits per heavy atom. The van der Waals surface area contributed by atoms with E-state index in [1.807, 2.05) is 13.8 Å². The van der Waals surface area contributed by atoms with Crippen LogP contribution < -0.4 is 15.8 Å². The maximum Gasteiger partial charge on any atom is 0.256 e. The second-order valence-electron chi connectivity index (χ2n) is 4.67. The fourth-order valence-electron chi connectivity index (χ4n) is 1.87. The summed E-state index contributed by atoms with van der Waals surface area (Å²) in [6, 6.07) is 6.84. The Balaban J connectivity index is 2.22. The van der Waals surface area contributed by atoms with Gasteiger partial charge in [0.2, 0.25) is 0 Å². The number of hydrogen-bond donors (Lipinski definition) is 2. The number of hydrogen-bond acceptors (Lipinski definition) is 4. The number of ether oxygens (including phenoxy) is 1. The van der Waals surface area contributed by atoms with Gasteiger partial charge in [0.1, 0.15) is 11.6 Å². The summed E-state index contributed by atoms with van der Waals surface area (Å²) >= 11 is 0. The highest BCUT2D eigenvalue weighted by molar-refractivity contribution is 6.04. The Bertz CT molecular complexity index is 619. The Labute approximate surface area is 117 Å². The molecule has 0 spiro atoms. The van der Waals surface area contributed by atoms with E-state index in [1.54, 1.807) is 35.1 Å². The minimum Gasteiger partial charge on any atom is -0.495 e. The van der Waals surface area contributed by atoms with Gasteiger partial charge in [-0.2, -0.15) is 5.10 Å². The first kappa shape index (κ1) is 13.9. The van der Waals surface area contributed by atoms with Crippen molar-refractivity contribution >= 4 is 17.4 Å². The average Bonchev–Trinajstić information content (AvgIpc) is 2.87. The molecule has 1 aromatic carbocycles. The summed E-state index contributed by atoms with van der Waals surface area (Å²) in [6.07, 6.45) is 1.65. The highest BCUT2D eigenvalue weighted by Gasteiger charge is 2.12. The molecule has 0 fully saturated rings. The van der Waals surface area contributed by atoms with Gasteiger partial charge in [0.05, 0.1) is 19.0 Å². The number of carbonyl (C=O) groups is 1.